The number of nitrogens with one attached hydrogen (secondary N) is 1. The van der Waals surface area contributed by atoms with Crippen molar-refractivity contribution in [3.8, 4) is 0 Å². The molecule has 3 heterocycles. The van der Waals surface area contributed by atoms with Crippen LogP contribution >= 0.6 is 0 Å². The summed E-state index contributed by atoms with van der Waals surface area (Å²) in [7, 11) is 0. The first kappa shape index (κ1) is 22.2. The van der Waals surface area contributed by atoms with Crippen molar-refractivity contribution in [3.05, 3.63) is 71.4 Å². The maximum absolute atomic E-state index is 13.3. The molecule has 0 spiro atoms. The van der Waals surface area contributed by atoms with Gasteiger partial charge in [0, 0.05) is 54.3 Å². The summed E-state index contributed by atoms with van der Waals surface area (Å²) in [5, 5.41) is 1.08. The third-order valence-corrected chi connectivity index (χ3v) is 7.01. The van der Waals surface area contributed by atoms with Crippen LogP contribution in [0, 0.1) is 5.92 Å². The Hall–Kier alpha value is -3.61. The molecule has 7 heteroatoms. The Morgan fingerprint density at radius 3 is 2.56 bits per heavy atom. The minimum absolute atomic E-state index is 0.0174. The van der Waals surface area contributed by atoms with E-state index in [-0.39, 0.29) is 36.2 Å². The van der Waals surface area contributed by atoms with E-state index in [1.54, 1.807) is 6.92 Å². The molecule has 1 aromatic heterocycles. The number of hydrogen-bond acceptors (Lipinski definition) is 4. The maximum Gasteiger partial charge on any atom is 0.309 e. The molecule has 2 aliphatic rings. The van der Waals surface area contributed by atoms with Crippen LogP contribution in [0.2, 0.25) is 0 Å². The molecule has 0 bridgehead atoms. The second-order valence-electron chi connectivity index (χ2n) is 8.94. The van der Waals surface area contributed by atoms with E-state index in [9.17, 15) is 14.4 Å². The zero-order valence-electron chi connectivity index (χ0n) is 19.3. The van der Waals surface area contributed by atoms with E-state index >= 15 is 0 Å². The molecule has 0 radical (unpaired) electrons. The molecule has 1 saturated heterocycles. The van der Waals surface area contributed by atoms with Crippen molar-refractivity contribution in [1.82, 2.24) is 14.8 Å². The summed E-state index contributed by atoms with van der Waals surface area (Å²) < 4.78 is 5.12. The van der Waals surface area contributed by atoms with Crippen molar-refractivity contribution in [3.63, 3.8) is 0 Å². The normalized spacial score (nSPS) is 18.4. The molecule has 0 saturated carbocycles. The highest BCUT2D eigenvalue weighted by molar-refractivity contribution is 6.01. The second-order valence-corrected chi connectivity index (χ2v) is 8.94. The van der Waals surface area contributed by atoms with Gasteiger partial charge in [0.25, 0.3) is 5.91 Å². The number of piperidine rings is 1. The predicted octanol–water partition coefficient (Wildman–Crippen LogP) is 3.90. The molecule has 1 N–H and O–H groups in total. The lowest BCUT2D eigenvalue weighted by Crippen LogP contribution is -2.42. The zero-order chi connectivity index (χ0) is 23.7. The summed E-state index contributed by atoms with van der Waals surface area (Å²) >= 11 is 0. The number of nitrogens with zero attached hydrogens (tertiary/aromatic N) is 2. The van der Waals surface area contributed by atoms with Crippen molar-refractivity contribution in [2.45, 2.75) is 32.2 Å². The smallest absolute Gasteiger partial charge is 0.309 e. The molecule has 176 valence electrons. The van der Waals surface area contributed by atoms with Crippen LogP contribution < -0.4 is 0 Å². The highest BCUT2D eigenvalue weighted by Crippen LogP contribution is 2.41. The molecule has 2 amide bonds. The minimum Gasteiger partial charge on any atom is -0.466 e. The van der Waals surface area contributed by atoms with Gasteiger partial charge in [0.1, 0.15) is 0 Å². The van der Waals surface area contributed by atoms with E-state index in [0.29, 0.717) is 44.6 Å². The Balaban J connectivity index is 1.31. The number of carbonyl (C=O) groups is 3. The summed E-state index contributed by atoms with van der Waals surface area (Å²) in [6.07, 6.45) is 3.47. The van der Waals surface area contributed by atoms with E-state index < -0.39 is 0 Å². The maximum atomic E-state index is 13.3. The van der Waals surface area contributed by atoms with E-state index in [0.717, 1.165) is 22.0 Å². The number of rotatable bonds is 6. The molecule has 34 heavy (non-hydrogen) atoms. The number of carbonyl (C=O) groups excluding carboxylic acids is 3. The van der Waals surface area contributed by atoms with Crippen LogP contribution in [0.3, 0.4) is 0 Å². The van der Waals surface area contributed by atoms with Gasteiger partial charge in [0.2, 0.25) is 5.91 Å². The molecular formula is C27H29N3O4. The van der Waals surface area contributed by atoms with Gasteiger partial charge >= 0.3 is 5.97 Å². The average Bonchev–Trinajstić information content (AvgIpc) is 3.41. The second kappa shape index (κ2) is 9.33. The molecule has 1 atom stereocenters. The number of para-hydroxylation sites is 1. The number of ether oxygens (including phenoxy) is 1. The molecule has 3 aromatic rings. The number of H-pyrrole nitrogens is 1. The van der Waals surface area contributed by atoms with Gasteiger partial charge in [-0.25, -0.2) is 0 Å². The monoisotopic (exact) mass is 459 g/mol. The number of amides is 2. The van der Waals surface area contributed by atoms with E-state index in [1.165, 1.54) is 0 Å². The van der Waals surface area contributed by atoms with Gasteiger partial charge in [-0.2, -0.15) is 0 Å². The predicted molar refractivity (Wildman–Crippen MR) is 128 cm³/mol. The number of hydrogen-bond donors (Lipinski definition) is 1. The number of likely N-dealkylation sites (tertiary alicyclic amines) is 1. The molecule has 0 aliphatic carbocycles. The highest BCUT2D eigenvalue weighted by Gasteiger charge is 2.39. The summed E-state index contributed by atoms with van der Waals surface area (Å²) in [6.45, 7) is 3.61. The Morgan fingerprint density at radius 1 is 1.03 bits per heavy atom. The van der Waals surface area contributed by atoms with Crippen LogP contribution in [-0.2, 0) is 14.3 Å². The average molecular weight is 460 g/mol. The minimum atomic E-state index is -0.234. The lowest BCUT2D eigenvalue weighted by molar-refractivity contribution is -0.151. The third kappa shape index (κ3) is 3.95. The Kier molecular flexibility index (Phi) is 6.09. The summed E-state index contributed by atoms with van der Waals surface area (Å²) in [4.78, 5) is 45.3. The lowest BCUT2D eigenvalue weighted by atomic mass is 9.96. The molecule has 7 nitrogen and oxygen atoms in total. The summed E-state index contributed by atoms with van der Waals surface area (Å²) in [5.74, 6) is -0.329. The third-order valence-electron chi connectivity index (χ3n) is 7.01. The quantitative estimate of drug-likeness (QED) is 0.567. The van der Waals surface area contributed by atoms with Crippen LogP contribution in [-0.4, -0.2) is 58.8 Å². The van der Waals surface area contributed by atoms with Crippen molar-refractivity contribution >= 4 is 28.7 Å². The van der Waals surface area contributed by atoms with E-state index in [1.807, 2.05) is 58.5 Å². The zero-order valence-corrected chi connectivity index (χ0v) is 19.3. The Morgan fingerprint density at radius 2 is 1.76 bits per heavy atom. The van der Waals surface area contributed by atoms with Crippen LogP contribution in [0.25, 0.3) is 10.9 Å². The highest BCUT2D eigenvalue weighted by atomic mass is 16.5. The van der Waals surface area contributed by atoms with Gasteiger partial charge in [0.05, 0.1) is 18.6 Å². The Bertz CT molecular complexity index is 1230. The van der Waals surface area contributed by atoms with Crippen molar-refractivity contribution in [2.24, 2.45) is 5.92 Å². The fraction of sp³-hybridized carbons (Fsp3) is 0.370. The van der Waals surface area contributed by atoms with Gasteiger partial charge in [-0.05, 0) is 37.5 Å². The first-order chi connectivity index (χ1) is 16.6. The Labute approximate surface area is 198 Å². The molecule has 0 unspecified atom stereocenters. The molecule has 1 fully saturated rings. The van der Waals surface area contributed by atoms with Gasteiger partial charge in [-0.15, -0.1) is 0 Å². The SMILES string of the molecule is CCOC(=O)C1CCN(C(=O)CCN2C(=O)c3ccccc3[C@H]2c2c[nH]c3ccccc23)CC1. The number of aromatic nitrogens is 1. The first-order valence-electron chi connectivity index (χ1n) is 12.0. The van der Waals surface area contributed by atoms with Gasteiger partial charge < -0.3 is 19.5 Å². The summed E-state index contributed by atoms with van der Waals surface area (Å²) in [5.41, 5.74) is 3.73. The van der Waals surface area contributed by atoms with Crippen molar-refractivity contribution < 1.29 is 19.1 Å². The standard InChI is InChI=1S/C27H29N3O4/c1-2-34-27(33)18-11-14-29(15-12-18)24(31)13-16-30-25(20-8-3-4-9-21(20)26(30)32)22-17-28-23-10-6-5-7-19(22)23/h3-10,17-18,25,28H,2,11-16H2,1H3/t25-/m0/s1. The van der Waals surface area contributed by atoms with Gasteiger partial charge in [-0.1, -0.05) is 36.4 Å². The number of aromatic amines is 1. The lowest BCUT2D eigenvalue weighted by Gasteiger charge is -2.32. The fourth-order valence-electron chi connectivity index (χ4n) is 5.26. The van der Waals surface area contributed by atoms with Gasteiger partial charge in [-0.3, -0.25) is 14.4 Å². The van der Waals surface area contributed by atoms with Crippen LogP contribution in [0.5, 0.6) is 0 Å². The number of benzene rings is 2. The summed E-state index contributed by atoms with van der Waals surface area (Å²) in [6, 6.07) is 15.5. The first-order valence-corrected chi connectivity index (χ1v) is 12.0. The molecular weight excluding hydrogens is 430 g/mol. The largest absolute Gasteiger partial charge is 0.466 e. The number of esters is 1. The fourth-order valence-corrected chi connectivity index (χ4v) is 5.26. The van der Waals surface area contributed by atoms with Crippen LogP contribution in [0.4, 0.5) is 0 Å². The molecule has 5 rings (SSSR count). The van der Waals surface area contributed by atoms with E-state index in [2.05, 4.69) is 11.1 Å². The van der Waals surface area contributed by atoms with Crippen molar-refractivity contribution in [2.75, 3.05) is 26.2 Å². The molecule has 2 aromatic carbocycles. The van der Waals surface area contributed by atoms with Crippen LogP contribution in [0.15, 0.2) is 54.7 Å². The van der Waals surface area contributed by atoms with Crippen LogP contribution in [0.1, 0.15) is 53.7 Å². The topological polar surface area (TPSA) is 82.7 Å². The molecule has 2 aliphatic heterocycles. The van der Waals surface area contributed by atoms with E-state index in [4.69, 9.17) is 4.74 Å². The van der Waals surface area contributed by atoms with Crippen molar-refractivity contribution in [1.29, 1.82) is 0 Å². The van der Waals surface area contributed by atoms with Gasteiger partial charge in [0.15, 0.2) is 0 Å². The number of fused-ring (bicyclic) bond motifs is 2.